The van der Waals surface area contributed by atoms with E-state index >= 15 is 0 Å². The lowest BCUT2D eigenvalue weighted by molar-refractivity contribution is -0.179. The number of aliphatic hydroxyl groups is 1. The van der Waals surface area contributed by atoms with Crippen LogP contribution in [0.4, 0.5) is 8.78 Å². The van der Waals surface area contributed by atoms with Crippen molar-refractivity contribution in [1.29, 1.82) is 0 Å². The molecule has 38 heavy (non-hydrogen) atoms. The number of ether oxygens (including phenoxy) is 2. The number of halogens is 2. The van der Waals surface area contributed by atoms with Gasteiger partial charge in [0.1, 0.15) is 6.10 Å². The van der Waals surface area contributed by atoms with Crippen molar-refractivity contribution in [3.8, 4) is 0 Å². The molecule has 218 valence electrons. The van der Waals surface area contributed by atoms with Gasteiger partial charge in [-0.1, -0.05) is 20.8 Å². The zero-order valence-corrected chi connectivity index (χ0v) is 23.3. The van der Waals surface area contributed by atoms with Crippen molar-refractivity contribution in [2.75, 3.05) is 6.61 Å². The minimum atomic E-state index is -5.65. The topological polar surface area (TPSA) is 127 Å². The summed E-state index contributed by atoms with van der Waals surface area (Å²) in [5.74, 6) is 0.844. The molecule has 0 spiro atoms. The third-order valence-electron chi connectivity index (χ3n) is 11.2. The van der Waals surface area contributed by atoms with Gasteiger partial charge < -0.3 is 14.6 Å². The Morgan fingerprint density at radius 2 is 1.76 bits per heavy atom. The van der Waals surface area contributed by atoms with E-state index in [9.17, 15) is 31.9 Å². The Labute approximate surface area is 224 Å². The molecule has 0 aromatic rings. The Hall–Kier alpha value is -1.33. The van der Waals surface area contributed by atoms with E-state index in [4.69, 9.17) is 9.29 Å². The van der Waals surface area contributed by atoms with E-state index in [0.29, 0.717) is 36.6 Å². The molecule has 1 unspecified atom stereocenters. The summed E-state index contributed by atoms with van der Waals surface area (Å²) in [4.78, 5) is 23.0. The summed E-state index contributed by atoms with van der Waals surface area (Å²) in [7, 11) is -5.65. The van der Waals surface area contributed by atoms with Crippen molar-refractivity contribution >= 4 is 22.6 Å². The molecule has 0 amide bonds. The van der Waals surface area contributed by atoms with Gasteiger partial charge in [-0.25, -0.2) is 0 Å². The number of carbonyl (C=O) groups is 2. The van der Waals surface area contributed by atoms with Crippen molar-refractivity contribution in [2.24, 2.45) is 46.3 Å². The lowest BCUT2D eigenvalue weighted by Crippen LogP contribution is -2.58. The van der Waals surface area contributed by atoms with Gasteiger partial charge in [0, 0.05) is 6.42 Å². The Morgan fingerprint density at radius 1 is 1.11 bits per heavy atom. The molecular formula is C27H42F2O8S. The number of fused-ring (bicyclic) bond motifs is 5. The molecule has 0 bridgehead atoms. The predicted octanol–water partition coefficient (Wildman–Crippen LogP) is 4.60. The van der Waals surface area contributed by atoms with Gasteiger partial charge in [0.15, 0.2) is 6.61 Å². The standard InChI is InChI=1S/C27H42F2O8S/c1-16(4-7-23(32)36-14-27(28,29)38(33,34)35)19-5-6-20-24-21(9-11-26(19,20)3)25(2)10-8-18(37-15-30)12-17(25)13-22(24)31/h15-22,24,31H,4-14H2,1-3H3,(H,33,34,35)/t16-,17?,18-,19-,20+,21+,22-,24+,25+,26-/m1/s1. The van der Waals surface area contributed by atoms with Crippen LogP contribution in [0.5, 0.6) is 0 Å². The van der Waals surface area contributed by atoms with E-state index in [1.165, 1.54) is 0 Å². The monoisotopic (exact) mass is 564 g/mol. The van der Waals surface area contributed by atoms with Crippen molar-refractivity contribution in [2.45, 2.75) is 102 Å². The van der Waals surface area contributed by atoms with Crippen molar-refractivity contribution < 1.29 is 45.9 Å². The van der Waals surface area contributed by atoms with Gasteiger partial charge in [0.2, 0.25) is 0 Å². The maximum atomic E-state index is 13.4. The second-order valence-electron chi connectivity index (χ2n) is 12.9. The first-order chi connectivity index (χ1) is 17.6. The fourth-order valence-electron chi connectivity index (χ4n) is 9.22. The van der Waals surface area contributed by atoms with Crippen LogP contribution < -0.4 is 0 Å². The molecule has 0 saturated heterocycles. The van der Waals surface area contributed by atoms with Crippen LogP contribution in [0.25, 0.3) is 0 Å². The smallest absolute Gasteiger partial charge is 0.402 e. The number of aliphatic hydroxyl groups excluding tert-OH is 1. The van der Waals surface area contributed by atoms with Crippen LogP contribution in [0, 0.1) is 46.3 Å². The average Bonchev–Trinajstić information content (AvgIpc) is 3.19. The Balaban J connectivity index is 1.38. The second kappa shape index (κ2) is 10.6. The molecule has 0 aromatic heterocycles. The number of hydrogen-bond acceptors (Lipinski definition) is 7. The molecule has 0 radical (unpaired) electrons. The second-order valence-corrected chi connectivity index (χ2v) is 14.5. The first-order valence-corrected chi connectivity index (χ1v) is 15.4. The number of esters is 1. The van der Waals surface area contributed by atoms with Crippen LogP contribution in [0.15, 0.2) is 0 Å². The Bertz CT molecular complexity index is 1010. The van der Waals surface area contributed by atoms with E-state index in [2.05, 4.69) is 25.5 Å². The number of rotatable bonds is 9. The summed E-state index contributed by atoms with van der Waals surface area (Å²) in [6.45, 7) is 5.57. The quantitative estimate of drug-likeness (QED) is 0.236. The van der Waals surface area contributed by atoms with Crippen LogP contribution in [-0.2, 0) is 29.2 Å². The summed E-state index contributed by atoms with van der Waals surface area (Å²) < 4.78 is 66.5. The fourth-order valence-corrected chi connectivity index (χ4v) is 9.43. The highest BCUT2D eigenvalue weighted by molar-refractivity contribution is 7.86. The van der Waals surface area contributed by atoms with Crippen molar-refractivity contribution in [3.05, 3.63) is 0 Å². The zero-order chi connectivity index (χ0) is 28.1. The van der Waals surface area contributed by atoms with Gasteiger partial charge in [0.05, 0.1) is 6.10 Å². The highest BCUT2D eigenvalue weighted by Gasteiger charge is 2.63. The molecule has 4 fully saturated rings. The zero-order valence-electron chi connectivity index (χ0n) is 22.5. The molecule has 0 heterocycles. The van der Waals surface area contributed by atoms with E-state index < -0.39 is 34.1 Å². The molecular weight excluding hydrogens is 522 g/mol. The lowest BCUT2D eigenvalue weighted by Gasteiger charge is -2.62. The van der Waals surface area contributed by atoms with Gasteiger partial charge >= 0.3 is 21.3 Å². The van der Waals surface area contributed by atoms with Gasteiger partial charge in [0.25, 0.3) is 6.47 Å². The Morgan fingerprint density at radius 3 is 2.42 bits per heavy atom. The highest BCUT2D eigenvalue weighted by atomic mass is 32.2. The van der Waals surface area contributed by atoms with Crippen LogP contribution >= 0.6 is 0 Å². The summed E-state index contributed by atoms with van der Waals surface area (Å²) in [5, 5.41) is 6.89. The van der Waals surface area contributed by atoms with Gasteiger partial charge in [-0.15, -0.1) is 0 Å². The summed E-state index contributed by atoms with van der Waals surface area (Å²) >= 11 is 0. The normalized spacial score (nSPS) is 41.8. The van der Waals surface area contributed by atoms with Crippen LogP contribution in [0.2, 0.25) is 0 Å². The maximum Gasteiger partial charge on any atom is 0.402 e. The molecule has 0 aromatic carbocycles. The van der Waals surface area contributed by atoms with Crippen molar-refractivity contribution in [1.82, 2.24) is 0 Å². The first-order valence-electron chi connectivity index (χ1n) is 13.9. The molecule has 10 atom stereocenters. The summed E-state index contributed by atoms with van der Waals surface area (Å²) in [6.07, 6.45) is 7.28. The molecule has 4 aliphatic carbocycles. The SMILES string of the molecule is C[C@H](CCC(=O)OCC(F)(F)S(=O)(=O)O)[C@H]1CC[C@H]2[C@@H]3[C@H](O)CC4C[C@H](OC=O)CC[C@]4(C)[C@H]3CC[C@]12C. The van der Waals surface area contributed by atoms with E-state index in [1.807, 2.05) is 0 Å². The molecule has 4 rings (SSSR count). The number of carbonyl (C=O) groups excluding carboxylic acids is 2. The van der Waals surface area contributed by atoms with Crippen LogP contribution in [0.1, 0.15) is 85.0 Å². The molecule has 0 aliphatic heterocycles. The van der Waals surface area contributed by atoms with Gasteiger partial charge in [-0.05, 0) is 104 Å². The lowest BCUT2D eigenvalue weighted by atomic mass is 9.43. The molecule has 2 N–H and O–H groups in total. The molecule has 11 heteroatoms. The fraction of sp³-hybridized carbons (Fsp3) is 0.926. The number of alkyl halides is 2. The Kier molecular flexibility index (Phi) is 8.25. The van der Waals surface area contributed by atoms with E-state index in [-0.39, 0.29) is 35.2 Å². The predicted molar refractivity (Wildman–Crippen MR) is 133 cm³/mol. The van der Waals surface area contributed by atoms with E-state index in [1.54, 1.807) is 0 Å². The minimum absolute atomic E-state index is 0.00446. The average molecular weight is 565 g/mol. The first kappa shape index (κ1) is 29.6. The molecule has 4 saturated carbocycles. The summed E-state index contributed by atoms with van der Waals surface area (Å²) in [5.41, 5.74) is 0.121. The number of hydrogen-bond donors (Lipinski definition) is 2. The largest absolute Gasteiger partial charge is 0.465 e. The van der Waals surface area contributed by atoms with E-state index in [0.717, 1.165) is 51.4 Å². The van der Waals surface area contributed by atoms with Crippen LogP contribution in [0.3, 0.4) is 0 Å². The molecule has 8 nitrogen and oxygen atoms in total. The molecule has 4 aliphatic rings. The third kappa shape index (κ3) is 5.23. The highest BCUT2D eigenvalue weighted by Crippen LogP contribution is 2.68. The third-order valence-corrected chi connectivity index (χ3v) is 12.1. The van der Waals surface area contributed by atoms with Gasteiger partial charge in [-0.3, -0.25) is 14.1 Å². The van der Waals surface area contributed by atoms with Crippen molar-refractivity contribution in [3.63, 3.8) is 0 Å². The van der Waals surface area contributed by atoms with Crippen LogP contribution in [-0.4, -0.2) is 54.6 Å². The summed E-state index contributed by atoms with van der Waals surface area (Å²) in [6, 6.07) is 0. The van der Waals surface area contributed by atoms with Gasteiger partial charge in [-0.2, -0.15) is 17.2 Å². The maximum absolute atomic E-state index is 13.4. The minimum Gasteiger partial charge on any atom is -0.465 e.